The van der Waals surface area contributed by atoms with E-state index in [1.807, 2.05) is 24.5 Å². The first-order valence-electron chi connectivity index (χ1n) is 10.7. The van der Waals surface area contributed by atoms with Crippen molar-refractivity contribution in [2.24, 2.45) is 0 Å². The molecule has 0 saturated carbocycles. The first-order chi connectivity index (χ1) is 15.6. The van der Waals surface area contributed by atoms with Crippen LogP contribution in [0.2, 0.25) is 0 Å². The molecule has 0 bridgehead atoms. The molecule has 0 aliphatic carbocycles. The Morgan fingerprint density at radius 3 is 2.66 bits per heavy atom. The highest BCUT2D eigenvalue weighted by molar-refractivity contribution is 5.77. The molecular weight excluding hydrogens is 409 g/mol. The largest absolute Gasteiger partial charge is 0.494 e. The molecule has 7 heteroatoms. The lowest BCUT2D eigenvalue weighted by Crippen LogP contribution is -2.23. The van der Waals surface area contributed by atoms with Gasteiger partial charge >= 0.3 is 0 Å². The van der Waals surface area contributed by atoms with E-state index in [9.17, 15) is 4.39 Å². The Hall–Kier alpha value is -3.45. The van der Waals surface area contributed by atoms with Gasteiger partial charge in [-0.15, -0.1) is 0 Å². The van der Waals surface area contributed by atoms with Crippen molar-refractivity contribution >= 4 is 5.52 Å². The second-order valence-corrected chi connectivity index (χ2v) is 7.97. The van der Waals surface area contributed by atoms with Crippen molar-refractivity contribution in [3.8, 4) is 28.5 Å². The van der Waals surface area contributed by atoms with E-state index in [-0.39, 0.29) is 17.4 Å². The summed E-state index contributed by atoms with van der Waals surface area (Å²) in [4.78, 5) is 9.28. The van der Waals surface area contributed by atoms with Crippen LogP contribution in [0.15, 0.2) is 61.1 Å². The number of hydrogen-bond donors (Lipinski definition) is 0. The minimum absolute atomic E-state index is 0.113. The zero-order valence-electron chi connectivity index (χ0n) is 18.0. The highest BCUT2D eigenvalue weighted by Crippen LogP contribution is 2.34. The molecule has 4 aromatic rings. The molecular formula is C25H24FN3O3. The van der Waals surface area contributed by atoms with Crippen molar-refractivity contribution in [3.05, 3.63) is 72.7 Å². The van der Waals surface area contributed by atoms with E-state index < -0.39 is 5.82 Å². The first-order valence-corrected chi connectivity index (χ1v) is 10.7. The second-order valence-electron chi connectivity index (χ2n) is 7.97. The first kappa shape index (κ1) is 20.5. The summed E-state index contributed by atoms with van der Waals surface area (Å²) >= 11 is 0. The highest BCUT2D eigenvalue weighted by Gasteiger charge is 2.25. The maximum atomic E-state index is 14.4. The van der Waals surface area contributed by atoms with Crippen molar-refractivity contribution in [3.63, 3.8) is 0 Å². The SMILES string of the molecule is COc1cccc(Oc2ccc(-c3nc(C4CCC(C)OC4)n4ccncc34)cc2)c1F. The Labute approximate surface area is 185 Å². The highest BCUT2D eigenvalue weighted by atomic mass is 19.1. The van der Waals surface area contributed by atoms with Crippen LogP contribution in [0.5, 0.6) is 17.2 Å². The average Bonchev–Trinajstić information content (AvgIpc) is 3.21. The Balaban J connectivity index is 1.45. The fourth-order valence-corrected chi connectivity index (χ4v) is 4.08. The van der Waals surface area contributed by atoms with Gasteiger partial charge in [0, 0.05) is 23.9 Å². The lowest BCUT2D eigenvalue weighted by molar-refractivity contribution is 0.0137. The third kappa shape index (κ3) is 3.80. The van der Waals surface area contributed by atoms with Gasteiger partial charge in [-0.2, -0.15) is 4.39 Å². The minimum atomic E-state index is -0.529. The van der Waals surface area contributed by atoms with E-state index in [0.717, 1.165) is 35.4 Å². The number of hydrogen-bond acceptors (Lipinski definition) is 5. The van der Waals surface area contributed by atoms with Crippen molar-refractivity contribution in [1.82, 2.24) is 14.4 Å². The summed E-state index contributed by atoms with van der Waals surface area (Å²) in [6.45, 7) is 2.77. The molecule has 164 valence electrons. The predicted molar refractivity (Wildman–Crippen MR) is 119 cm³/mol. The number of rotatable bonds is 5. The Morgan fingerprint density at radius 1 is 1.09 bits per heavy atom. The van der Waals surface area contributed by atoms with E-state index in [4.69, 9.17) is 19.2 Å². The molecule has 0 amide bonds. The number of methoxy groups -OCH3 is 1. The summed E-state index contributed by atoms with van der Waals surface area (Å²) in [5, 5.41) is 0. The van der Waals surface area contributed by atoms with Crippen molar-refractivity contribution in [2.75, 3.05) is 13.7 Å². The zero-order valence-corrected chi connectivity index (χ0v) is 18.0. The Kier molecular flexibility index (Phi) is 5.49. The number of imidazole rings is 1. The number of nitrogens with zero attached hydrogens (tertiary/aromatic N) is 3. The van der Waals surface area contributed by atoms with Gasteiger partial charge in [0.25, 0.3) is 0 Å². The third-order valence-corrected chi connectivity index (χ3v) is 5.85. The molecule has 2 atom stereocenters. The van der Waals surface area contributed by atoms with Crippen LogP contribution in [0.25, 0.3) is 16.8 Å². The van der Waals surface area contributed by atoms with Crippen molar-refractivity contribution in [2.45, 2.75) is 31.8 Å². The van der Waals surface area contributed by atoms with Gasteiger partial charge in [0.1, 0.15) is 11.6 Å². The normalized spacial score (nSPS) is 18.6. The molecule has 2 aromatic heterocycles. The molecule has 5 rings (SSSR count). The van der Waals surface area contributed by atoms with Gasteiger partial charge in [-0.3, -0.25) is 9.38 Å². The maximum absolute atomic E-state index is 14.4. The number of benzene rings is 2. The van der Waals surface area contributed by atoms with E-state index in [1.165, 1.54) is 7.11 Å². The van der Waals surface area contributed by atoms with Gasteiger partial charge in [0.2, 0.25) is 5.82 Å². The molecule has 2 unspecified atom stereocenters. The number of aromatic nitrogens is 3. The zero-order chi connectivity index (χ0) is 22.1. The second kappa shape index (κ2) is 8.59. The predicted octanol–water partition coefficient (Wildman–Crippen LogP) is 5.62. The molecule has 0 N–H and O–H groups in total. The molecule has 6 nitrogen and oxygen atoms in total. The topological polar surface area (TPSA) is 57.9 Å². The lowest BCUT2D eigenvalue weighted by Gasteiger charge is -2.25. The van der Waals surface area contributed by atoms with E-state index in [2.05, 4.69) is 16.3 Å². The summed E-state index contributed by atoms with van der Waals surface area (Å²) in [5.74, 6) is 1.49. The van der Waals surface area contributed by atoms with Gasteiger partial charge in [0.05, 0.1) is 37.2 Å². The Morgan fingerprint density at radius 2 is 1.91 bits per heavy atom. The quantitative estimate of drug-likeness (QED) is 0.409. The van der Waals surface area contributed by atoms with Crippen LogP contribution < -0.4 is 9.47 Å². The fraction of sp³-hybridized carbons (Fsp3) is 0.280. The summed E-state index contributed by atoms with van der Waals surface area (Å²) < 4.78 is 33.1. The maximum Gasteiger partial charge on any atom is 0.207 e. The van der Waals surface area contributed by atoms with Gasteiger partial charge in [-0.25, -0.2) is 4.98 Å². The number of ether oxygens (including phenoxy) is 3. The summed E-state index contributed by atoms with van der Waals surface area (Å²) in [6, 6.07) is 12.3. The molecule has 3 heterocycles. The fourth-order valence-electron chi connectivity index (χ4n) is 4.08. The lowest BCUT2D eigenvalue weighted by atomic mass is 9.98. The van der Waals surface area contributed by atoms with Crippen LogP contribution in [0, 0.1) is 5.82 Å². The minimum Gasteiger partial charge on any atom is -0.494 e. The summed E-state index contributed by atoms with van der Waals surface area (Å²) in [5.41, 5.74) is 2.73. The van der Waals surface area contributed by atoms with Gasteiger partial charge in [-0.1, -0.05) is 6.07 Å². The van der Waals surface area contributed by atoms with Gasteiger partial charge in [-0.05, 0) is 56.2 Å². The van der Waals surface area contributed by atoms with Crippen LogP contribution >= 0.6 is 0 Å². The molecule has 1 aliphatic heterocycles. The van der Waals surface area contributed by atoms with Crippen LogP contribution in [-0.4, -0.2) is 34.2 Å². The molecule has 1 fully saturated rings. The molecule has 2 aromatic carbocycles. The monoisotopic (exact) mass is 433 g/mol. The average molecular weight is 433 g/mol. The van der Waals surface area contributed by atoms with Crippen molar-refractivity contribution < 1.29 is 18.6 Å². The van der Waals surface area contributed by atoms with E-state index in [0.29, 0.717) is 18.5 Å². The Bertz CT molecular complexity index is 1230. The molecule has 0 radical (unpaired) electrons. The van der Waals surface area contributed by atoms with E-state index in [1.54, 1.807) is 36.5 Å². The van der Waals surface area contributed by atoms with E-state index >= 15 is 0 Å². The van der Waals surface area contributed by atoms with Crippen LogP contribution in [-0.2, 0) is 4.74 Å². The molecule has 32 heavy (non-hydrogen) atoms. The smallest absolute Gasteiger partial charge is 0.207 e. The number of halogens is 1. The van der Waals surface area contributed by atoms with Gasteiger partial charge in [0.15, 0.2) is 11.5 Å². The van der Waals surface area contributed by atoms with Crippen molar-refractivity contribution in [1.29, 1.82) is 0 Å². The molecule has 1 saturated heterocycles. The third-order valence-electron chi connectivity index (χ3n) is 5.85. The molecule has 0 spiro atoms. The summed E-state index contributed by atoms with van der Waals surface area (Å²) in [6.07, 6.45) is 7.90. The summed E-state index contributed by atoms with van der Waals surface area (Å²) in [7, 11) is 1.43. The van der Waals surface area contributed by atoms with Crippen LogP contribution in [0.4, 0.5) is 4.39 Å². The standard InChI is InChI=1S/C25H24FN3O3/c1-16-6-7-18(15-31-16)25-28-24(20-14-27-12-13-29(20)25)17-8-10-19(11-9-17)32-22-5-3-4-21(30-2)23(22)26/h3-5,8-14,16,18H,6-7,15H2,1-2H3. The van der Waals surface area contributed by atoms with Crippen LogP contribution in [0.1, 0.15) is 31.5 Å². The molecule has 1 aliphatic rings. The van der Waals surface area contributed by atoms with Gasteiger partial charge < -0.3 is 14.2 Å². The number of fused-ring (bicyclic) bond motifs is 1. The van der Waals surface area contributed by atoms with Crippen LogP contribution in [0.3, 0.4) is 0 Å².